The highest BCUT2D eigenvalue weighted by Crippen LogP contribution is 2.28. The Bertz CT molecular complexity index is 413. The molecule has 2 atom stereocenters. The summed E-state index contributed by atoms with van der Waals surface area (Å²) in [5.41, 5.74) is 5.95. The van der Waals surface area contributed by atoms with Crippen molar-refractivity contribution < 1.29 is 4.74 Å². The normalized spacial score (nSPS) is 22.9. The van der Waals surface area contributed by atoms with E-state index in [4.69, 9.17) is 10.5 Å². The summed E-state index contributed by atoms with van der Waals surface area (Å²) in [6.45, 7) is 6.69. The van der Waals surface area contributed by atoms with Gasteiger partial charge in [-0.15, -0.1) is 0 Å². The molecule has 0 radical (unpaired) electrons. The lowest BCUT2D eigenvalue weighted by Gasteiger charge is -2.39. The number of nitrogens with two attached hydrogens (primary N) is 1. The number of rotatable bonds is 6. The molecule has 1 fully saturated rings. The molecule has 2 heterocycles. The molecule has 112 valence electrons. The molecular formula is C15H26N4O. The fourth-order valence-corrected chi connectivity index (χ4v) is 2.78. The summed E-state index contributed by atoms with van der Waals surface area (Å²) >= 11 is 0. The van der Waals surface area contributed by atoms with E-state index in [-0.39, 0.29) is 0 Å². The van der Waals surface area contributed by atoms with Gasteiger partial charge in [-0.05, 0) is 25.2 Å². The van der Waals surface area contributed by atoms with Crippen molar-refractivity contribution in [1.29, 1.82) is 0 Å². The lowest BCUT2D eigenvalue weighted by molar-refractivity contribution is 0.301. The van der Waals surface area contributed by atoms with E-state index in [1.54, 1.807) is 6.20 Å². The van der Waals surface area contributed by atoms with Crippen LogP contribution in [-0.4, -0.2) is 35.7 Å². The number of nitrogens with zero attached hydrogens (tertiary/aromatic N) is 3. The van der Waals surface area contributed by atoms with E-state index in [9.17, 15) is 0 Å². The Hall–Kier alpha value is -1.36. The first kappa shape index (κ1) is 15.0. The minimum atomic E-state index is 0.365. The van der Waals surface area contributed by atoms with Crippen LogP contribution in [0, 0.1) is 5.92 Å². The number of hydrogen-bond donors (Lipinski definition) is 1. The van der Waals surface area contributed by atoms with Crippen LogP contribution in [0.5, 0.6) is 5.88 Å². The Morgan fingerprint density at radius 2 is 2.25 bits per heavy atom. The molecule has 5 nitrogen and oxygen atoms in total. The first-order valence-corrected chi connectivity index (χ1v) is 7.70. The number of aromatic nitrogens is 2. The van der Waals surface area contributed by atoms with Crippen LogP contribution >= 0.6 is 0 Å². The van der Waals surface area contributed by atoms with Crippen molar-refractivity contribution in [2.45, 2.75) is 45.6 Å². The van der Waals surface area contributed by atoms with Gasteiger partial charge in [0.2, 0.25) is 5.88 Å². The lowest BCUT2D eigenvalue weighted by atomic mass is 9.89. The lowest BCUT2D eigenvalue weighted by Crippen LogP contribution is -2.47. The standard InChI is InChI=1S/C15H26N4O/c1-3-7-20-15-11-17-10-14(18-15)19-6-5-12(4-2)8-13(19)9-16/h10-13H,3-9,16H2,1-2H3. The van der Waals surface area contributed by atoms with E-state index < -0.39 is 0 Å². The maximum atomic E-state index is 5.95. The molecule has 5 heteroatoms. The predicted octanol–water partition coefficient (Wildman–Crippen LogP) is 2.22. The third-order valence-corrected chi connectivity index (χ3v) is 4.02. The van der Waals surface area contributed by atoms with E-state index in [0.29, 0.717) is 25.1 Å². The average Bonchev–Trinajstić information content (AvgIpc) is 2.52. The largest absolute Gasteiger partial charge is 0.477 e. The monoisotopic (exact) mass is 278 g/mol. The van der Waals surface area contributed by atoms with Gasteiger partial charge in [0.25, 0.3) is 0 Å². The molecule has 0 spiro atoms. The van der Waals surface area contributed by atoms with Crippen LogP contribution in [0.3, 0.4) is 0 Å². The van der Waals surface area contributed by atoms with Gasteiger partial charge < -0.3 is 15.4 Å². The van der Waals surface area contributed by atoms with Gasteiger partial charge in [0, 0.05) is 19.1 Å². The summed E-state index contributed by atoms with van der Waals surface area (Å²) in [6, 6.07) is 0.365. The van der Waals surface area contributed by atoms with E-state index in [0.717, 1.165) is 31.1 Å². The van der Waals surface area contributed by atoms with Crippen molar-refractivity contribution in [2.24, 2.45) is 11.7 Å². The molecule has 0 amide bonds. The average molecular weight is 278 g/mol. The molecule has 1 aliphatic rings. The summed E-state index contributed by atoms with van der Waals surface area (Å²) in [4.78, 5) is 11.1. The number of ether oxygens (including phenoxy) is 1. The minimum absolute atomic E-state index is 0.365. The Labute approximate surface area is 121 Å². The van der Waals surface area contributed by atoms with E-state index in [1.807, 2.05) is 6.20 Å². The maximum Gasteiger partial charge on any atom is 0.234 e. The molecule has 0 saturated carbocycles. The molecule has 2 rings (SSSR count). The van der Waals surface area contributed by atoms with Crippen molar-refractivity contribution in [1.82, 2.24) is 9.97 Å². The Morgan fingerprint density at radius 1 is 1.40 bits per heavy atom. The van der Waals surface area contributed by atoms with Gasteiger partial charge >= 0.3 is 0 Å². The fourth-order valence-electron chi connectivity index (χ4n) is 2.78. The van der Waals surface area contributed by atoms with Crippen LogP contribution in [0.2, 0.25) is 0 Å². The summed E-state index contributed by atoms with van der Waals surface area (Å²) < 4.78 is 5.57. The zero-order valence-electron chi connectivity index (χ0n) is 12.6. The maximum absolute atomic E-state index is 5.95. The van der Waals surface area contributed by atoms with Crippen molar-refractivity contribution in [3.63, 3.8) is 0 Å². The number of hydrogen-bond acceptors (Lipinski definition) is 5. The van der Waals surface area contributed by atoms with Gasteiger partial charge in [-0.1, -0.05) is 20.3 Å². The summed E-state index contributed by atoms with van der Waals surface area (Å²) in [5, 5.41) is 0. The zero-order chi connectivity index (χ0) is 14.4. The van der Waals surface area contributed by atoms with Crippen molar-refractivity contribution in [2.75, 3.05) is 24.6 Å². The van der Waals surface area contributed by atoms with E-state index in [2.05, 4.69) is 28.7 Å². The zero-order valence-corrected chi connectivity index (χ0v) is 12.6. The molecule has 1 saturated heterocycles. The molecular weight excluding hydrogens is 252 g/mol. The van der Waals surface area contributed by atoms with Crippen molar-refractivity contribution in [3.05, 3.63) is 12.4 Å². The molecule has 1 aromatic rings. The van der Waals surface area contributed by atoms with E-state index >= 15 is 0 Å². The van der Waals surface area contributed by atoms with Crippen molar-refractivity contribution in [3.8, 4) is 5.88 Å². The van der Waals surface area contributed by atoms with Gasteiger partial charge in [-0.3, -0.25) is 4.98 Å². The quantitative estimate of drug-likeness (QED) is 0.864. The topological polar surface area (TPSA) is 64.3 Å². The first-order chi connectivity index (χ1) is 9.78. The van der Waals surface area contributed by atoms with Crippen LogP contribution in [0.15, 0.2) is 12.4 Å². The Balaban J connectivity index is 2.09. The van der Waals surface area contributed by atoms with Gasteiger partial charge in [0.05, 0.1) is 19.0 Å². The highest BCUT2D eigenvalue weighted by molar-refractivity contribution is 5.40. The van der Waals surface area contributed by atoms with Crippen LogP contribution in [0.4, 0.5) is 5.82 Å². The fraction of sp³-hybridized carbons (Fsp3) is 0.733. The molecule has 0 aliphatic carbocycles. The molecule has 20 heavy (non-hydrogen) atoms. The highest BCUT2D eigenvalue weighted by atomic mass is 16.5. The van der Waals surface area contributed by atoms with Crippen LogP contribution in [0.25, 0.3) is 0 Å². The number of piperidine rings is 1. The molecule has 2 N–H and O–H groups in total. The second-order valence-electron chi connectivity index (χ2n) is 5.45. The Kier molecular flexibility index (Phi) is 5.59. The predicted molar refractivity (Wildman–Crippen MR) is 81.0 cm³/mol. The van der Waals surface area contributed by atoms with Gasteiger partial charge in [-0.2, -0.15) is 4.98 Å². The Morgan fingerprint density at radius 3 is 2.95 bits per heavy atom. The third-order valence-electron chi connectivity index (χ3n) is 4.02. The van der Waals surface area contributed by atoms with Crippen LogP contribution in [0.1, 0.15) is 39.5 Å². The second-order valence-corrected chi connectivity index (χ2v) is 5.45. The smallest absolute Gasteiger partial charge is 0.234 e. The van der Waals surface area contributed by atoms with Gasteiger partial charge in [0.1, 0.15) is 0 Å². The van der Waals surface area contributed by atoms with Gasteiger partial charge in [0.15, 0.2) is 5.82 Å². The summed E-state index contributed by atoms with van der Waals surface area (Å²) in [7, 11) is 0. The molecule has 1 aliphatic heterocycles. The molecule has 0 aromatic carbocycles. The number of anilines is 1. The highest BCUT2D eigenvalue weighted by Gasteiger charge is 2.27. The first-order valence-electron chi connectivity index (χ1n) is 7.70. The van der Waals surface area contributed by atoms with Crippen LogP contribution in [-0.2, 0) is 0 Å². The van der Waals surface area contributed by atoms with Crippen molar-refractivity contribution >= 4 is 5.82 Å². The molecule has 1 aromatic heterocycles. The summed E-state index contributed by atoms with van der Waals surface area (Å²) in [6.07, 6.45) is 8.04. The summed E-state index contributed by atoms with van der Waals surface area (Å²) in [5.74, 6) is 2.29. The second kappa shape index (κ2) is 7.43. The molecule has 0 bridgehead atoms. The molecule has 2 unspecified atom stereocenters. The van der Waals surface area contributed by atoms with Gasteiger partial charge in [-0.25, -0.2) is 0 Å². The van der Waals surface area contributed by atoms with Crippen LogP contribution < -0.4 is 15.4 Å². The minimum Gasteiger partial charge on any atom is -0.477 e. The van der Waals surface area contributed by atoms with E-state index in [1.165, 1.54) is 12.8 Å². The third kappa shape index (κ3) is 3.60. The SMILES string of the molecule is CCCOc1cncc(N2CCC(CC)CC2CN)n1.